The van der Waals surface area contributed by atoms with Crippen molar-refractivity contribution in [2.75, 3.05) is 24.9 Å². The Labute approximate surface area is 150 Å². The fourth-order valence-electron chi connectivity index (χ4n) is 2.31. The number of methoxy groups -OCH3 is 2. The number of aromatic nitrogens is 3. The fraction of sp³-hybridized carbons (Fsp3) is 0.167. The molecule has 134 valence electrons. The molecule has 1 heterocycles. The van der Waals surface area contributed by atoms with Crippen LogP contribution in [0.4, 0.5) is 21.8 Å². The van der Waals surface area contributed by atoms with Crippen molar-refractivity contribution in [3.8, 4) is 11.5 Å². The molecular weight excluding hydrogens is 337 g/mol. The molecule has 3 rings (SSSR count). The molecule has 26 heavy (non-hydrogen) atoms. The van der Waals surface area contributed by atoms with Crippen LogP contribution in [0.5, 0.6) is 11.5 Å². The highest BCUT2D eigenvalue weighted by molar-refractivity contribution is 5.56. The average molecular weight is 355 g/mol. The van der Waals surface area contributed by atoms with Gasteiger partial charge in [-0.3, -0.25) is 0 Å². The summed E-state index contributed by atoms with van der Waals surface area (Å²) >= 11 is 0. The number of halogens is 1. The summed E-state index contributed by atoms with van der Waals surface area (Å²) in [5.74, 6) is 1.64. The highest BCUT2D eigenvalue weighted by Crippen LogP contribution is 2.27. The van der Waals surface area contributed by atoms with Gasteiger partial charge >= 0.3 is 0 Å². The third-order valence-electron chi connectivity index (χ3n) is 3.59. The topological polar surface area (TPSA) is 81.2 Å². The lowest BCUT2D eigenvalue weighted by Gasteiger charge is -2.11. The second kappa shape index (κ2) is 8.11. The van der Waals surface area contributed by atoms with Crippen LogP contribution in [0.15, 0.2) is 48.7 Å². The number of nitrogens with one attached hydrogen (secondary N) is 2. The Morgan fingerprint density at radius 3 is 2.62 bits per heavy atom. The molecule has 0 fully saturated rings. The number of hydrogen-bond acceptors (Lipinski definition) is 7. The van der Waals surface area contributed by atoms with Crippen LogP contribution >= 0.6 is 0 Å². The third kappa shape index (κ3) is 4.15. The lowest BCUT2D eigenvalue weighted by atomic mass is 10.2. The van der Waals surface area contributed by atoms with E-state index in [1.807, 2.05) is 18.2 Å². The van der Waals surface area contributed by atoms with Crippen molar-refractivity contribution < 1.29 is 13.9 Å². The van der Waals surface area contributed by atoms with Crippen molar-refractivity contribution in [1.82, 2.24) is 15.2 Å². The zero-order chi connectivity index (χ0) is 18.4. The summed E-state index contributed by atoms with van der Waals surface area (Å²) < 4.78 is 24.2. The molecule has 0 saturated carbocycles. The Balaban J connectivity index is 1.68. The number of para-hydroxylation sites is 1. The fourth-order valence-corrected chi connectivity index (χ4v) is 2.31. The maximum absolute atomic E-state index is 13.7. The van der Waals surface area contributed by atoms with Gasteiger partial charge in [0, 0.05) is 6.54 Å². The van der Waals surface area contributed by atoms with E-state index in [0.29, 0.717) is 35.5 Å². The Hall–Kier alpha value is -3.42. The maximum atomic E-state index is 13.7. The number of nitrogens with zero attached hydrogens (tertiary/aromatic N) is 3. The van der Waals surface area contributed by atoms with Gasteiger partial charge in [-0.2, -0.15) is 10.1 Å². The van der Waals surface area contributed by atoms with Crippen LogP contribution in [-0.4, -0.2) is 29.4 Å². The summed E-state index contributed by atoms with van der Waals surface area (Å²) in [6.45, 7) is 0.463. The summed E-state index contributed by atoms with van der Waals surface area (Å²) in [6.07, 6.45) is 1.42. The third-order valence-corrected chi connectivity index (χ3v) is 3.59. The van der Waals surface area contributed by atoms with Crippen LogP contribution < -0.4 is 20.1 Å². The standard InChI is InChI=1S/C18H18FN5O2/c1-25-15-8-7-12(9-16(15)26-2)10-20-18-23-17(11-21-24-18)22-14-6-4-3-5-13(14)19/h3-9,11H,10H2,1-2H3,(H2,20,22,23,24). The predicted octanol–water partition coefficient (Wildman–Crippen LogP) is 3.38. The zero-order valence-corrected chi connectivity index (χ0v) is 14.4. The number of hydrogen-bond donors (Lipinski definition) is 2. The quantitative estimate of drug-likeness (QED) is 0.672. The van der Waals surface area contributed by atoms with Crippen molar-refractivity contribution in [3.05, 3.63) is 60.0 Å². The minimum atomic E-state index is -0.369. The van der Waals surface area contributed by atoms with Gasteiger partial charge in [0.05, 0.1) is 26.1 Å². The Bertz CT molecular complexity index is 891. The van der Waals surface area contributed by atoms with E-state index in [1.54, 1.807) is 32.4 Å². The molecule has 0 radical (unpaired) electrons. The first-order valence-corrected chi connectivity index (χ1v) is 7.85. The SMILES string of the molecule is COc1ccc(CNc2nncc(Nc3ccccc3F)n2)cc1OC. The van der Waals surface area contributed by atoms with Gasteiger partial charge in [-0.25, -0.2) is 4.39 Å². The predicted molar refractivity (Wildman–Crippen MR) is 96.4 cm³/mol. The number of rotatable bonds is 7. The molecule has 0 aliphatic rings. The van der Waals surface area contributed by atoms with Gasteiger partial charge in [0.25, 0.3) is 0 Å². The van der Waals surface area contributed by atoms with Gasteiger partial charge in [-0.05, 0) is 29.8 Å². The summed E-state index contributed by atoms with van der Waals surface area (Å²) in [4.78, 5) is 4.28. The molecule has 1 aromatic heterocycles. The molecule has 2 N–H and O–H groups in total. The van der Waals surface area contributed by atoms with Crippen molar-refractivity contribution >= 4 is 17.5 Å². The van der Waals surface area contributed by atoms with E-state index in [-0.39, 0.29) is 5.82 Å². The molecule has 0 aliphatic heterocycles. The van der Waals surface area contributed by atoms with Gasteiger partial charge in [0.15, 0.2) is 17.3 Å². The Kier molecular flexibility index (Phi) is 5.43. The lowest BCUT2D eigenvalue weighted by Crippen LogP contribution is -2.07. The first-order valence-electron chi connectivity index (χ1n) is 7.85. The van der Waals surface area contributed by atoms with Gasteiger partial charge in [-0.15, -0.1) is 5.10 Å². The molecule has 2 aromatic carbocycles. The largest absolute Gasteiger partial charge is 0.493 e. The Morgan fingerprint density at radius 1 is 1.04 bits per heavy atom. The molecule has 0 amide bonds. The molecule has 0 atom stereocenters. The normalized spacial score (nSPS) is 10.3. The number of ether oxygens (including phenoxy) is 2. The van der Waals surface area contributed by atoms with E-state index in [0.717, 1.165) is 5.56 Å². The summed E-state index contributed by atoms with van der Waals surface area (Å²) in [5.41, 5.74) is 1.28. The molecular formula is C18H18FN5O2. The summed E-state index contributed by atoms with van der Waals surface area (Å²) in [6, 6.07) is 11.9. The first kappa shape index (κ1) is 17.4. The van der Waals surface area contributed by atoms with E-state index in [1.165, 1.54) is 12.3 Å². The molecule has 0 aliphatic carbocycles. The molecule has 0 spiro atoms. The molecule has 8 heteroatoms. The highest BCUT2D eigenvalue weighted by Gasteiger charge is 2.07. The van der Waals surface area contributed by atoms with Gasteiger partial charge in [-0.1, -0.05) is 18.2 Å². The average Bonchev–Trinajstić information content (AvgIpc) is 2.68. The maximum Gasteiger partial charge on any atom is 0.244 e. The molecule has 0 saturated heterocycles. The van der Waals surface area contributed by atoms with Crippen molar-refractivity contribution in [2.45, 2.75) is 6.54 Å². The summed E-state index contributed by atoms with van der Waals surface area (Å²) in [5, 5.41) is 13.8. The lowest BCUT2D eigenvalue weighted by molar-refractivity contribution is 0.354. The van der Waals surface area contributed by atoms with E-state index in [2.05, 4.69) is 25.8 Å². The Morgan fingerprint density at radius 2 is 1.85 bits per heavy atom. The first-order chi connectivity index (χ1) is 12.7. The molecule has 7 nitrogen and oxygen atoms in total. The van der Waals surface area contributed by atoms with Gasteiger partial charge in [0.1, 0.15) is 5.82 Å². The zero-order valence-electron chi connectivity index (χ0n) is 14.4. The second-order valence-corrected chi connectivity index (χ2v) is 5.31. The smallest absolute Gasteiger partial charge is 0.244 e. The second-order valence-electron chi connectivity index (χ2n) is 5.31. The van der Waals surface area contributed by atoms with Crippen LogP contribution in [-0.2, 0) is 6.54 Å². The van der Waals surface area contributed by atoms with Gasteiger partial charge in [0.2, 0.25) is 5.95 Å². The van der Waals surface area contributed by atoms with E-state index < -0.39 is 0 Å². The van der Waals surface area contributed by atoms with E-state index >= 15 is 0 Å². The van der Waals surface area contributed by atoms with Crippen LogP contribution in [0.1, 0.15) is 5.56 Å². The van der Waals surface area contributed by atoms with Crippen LogP contribution in [0.2, 0.25) is 0 Å². The number of anilines is 3. The van der Waals surface area contributed by atoms with E-state index in [9.17, 15) is 4.39 Å². The van der Waals surface area contributed by atoms with Crippen LogP contribution in [0.3, 0.4) is 0 Å². The minimum Gasteiger partial charge on any atom is -0.493 e. The van der Waals surface area contributed by atoms with Crippen molar-refractivity contribution in [1.29, 1.82) is 0 Å². The van der Waals surface area contributed by atoms with Crippen molar-refractivity contribution in [3.63, 3.8) is 0 Å². The van der Waals surface area contributed by atoms with Crippen molar-refractivity contribution in [2.24, 2.45) is 0 Å². The number of benzene rings is 2. The van der Waals surface area contributed by atoms with E-state index in [4.69, 9.17) is 9.47 Å². The molecule has 3 aromatic rings. The summed E-state index contributed by atoms with van der Waals surface area (Å²) in [7, 11) is 3.17. The highest BCUT2D eigenvalue weighted by atomic mass is 19.1. The van der Waals surface area contributed by atoms with Crippen LogP contribution in [0.25, 0.3) is 0 Å². The van der Waals surface area contributed by atoms with Gasteiger partial charge < -0.3 is 20.1 Å². The monoisotopic (exact) mass is 355 g/mol. The molecule has 0 bridgehead atoms. The molecule has 0 unspecified atom stereocenters. The van der Waals surface area contributed by atoms with Crippen LogP contribution in [0, 0.1) is 5.82 Å². The minimum absolute atomic E-state index is 0.318.